The number of rotatable bonds is 2. The Bertz CT molecular complexity index is 587. The summed E-state index contributed by atoms with van der Waals surface area (Å²) in [6.07, 6.45) is 3.62. The van der Waals surface area contributed by atoms with E-state index in [4.69, 9.17) is 0 Å². The molecule has 2 heterocycles. The largest absolute Gasteiger partial charge is 0.315 e. The van der Waals surface area contributed by atoms with Gasteiger partial charge in [0.15, 0.2) is 0 Å². The number of hydrogen-bond donors (Lipinski definition) is 2. The summed E-state index contributed by atoms with van der Waals surface area (Å²) in [4.78, 5) is 13.6. The molecule has 2 N–H and O–H groups in total. The fraction of sp³-hybridized carbons (Fsp3) is 0.600. The van der Waals surface area contributed by atoms with Crippen LogP contribution in [-0.2, 0) is 4.79 Å². The molecule has 1 aliphatic heterocycles. The van der Waals surface area contributed by atoms with Gasteiger partial charge in [0.25, 0.3) is 0 Å². The second-order valence-corrected chi connectivity index (χ2v) is 7.05. The number of nitrogens with zero attached hydrogens (tertiary/aromatic N) is 1. The highest BCUT2D eigenvalue weighted by molar-refractivity contribution is 7.16. The SMILES string of the molecule is Cc1sc(NC(=O)C2NCC3CCCC32)c(C#N)c1C. The molecule has 2 aliphatic rings. The minimum atomic E-state index is -0.0863. The van der Waals surface area contributed by atoms with E-state index < -0.39 is 0 Å². The van der Waals surface area contributed by atoms with Crippen molar-refractivity contribution in [2.75, 3.05) is 11.9 Å². The van der Waals surface area contributed by atoms with Gasteiger partial charge in [-0.25, -0.2) is 0 Å². The molecule has 0 aromatic carbocycles. The van der Waals surface area contributed by atoms with Crippen LogP contribution in [0.3, 0.4) is 0 Å². The summed E-state index contributed by atoms with van der Waals surface area (Å²) in [5, 5.41) is 16.3. The van der Waals surface area contributed by atoms with Gasteiger partial charge in [0.1, 0.15) is 11.1 Å². The van der Waals surface area contributed by atoms with Gasteiger partial charge >= 0.3 is 0 Å². The number of anilines is 1. The number of hydrogen-bond acceptors (Lipinski definition) is 4. The van der Waals surface area contributed by atoms with Crippen LogP contribution in [0.25, 0.3) is 0 Å². The highest BCUT2D eigenvalue weighted by Crippen LogP contribution is 2.38. The topological polar surface area (TPSA) is 64.9 Å². The van der Waals surface area contributed by atoms with E-state index in [0.717, 1.165) is 23.4 Å². The van der Waals surface area contributed by atoms with Gasteiger partial charge in [-0.05, 0) is 50.6 Å². The van der Waals surface area contributed by atoms with Gasteiger partial charge in [-0.1, -0.05) is 6.42 Å². The molecule has 2 fully saturated rings. The van der Waals surface area contributed by atoms with Crippen molar-refractivity contribution in [2.45, 2.75) is 39.2 Å². The Hall–Kier alpha value is -1.38. The van der Waals surface area contributed by atoms with Gasteiger partial charge in [-0.3, -0.25) is 4.79 Å². The Labute approximate surface area is 123 Å². The zero-order valence-electron chi connectivity index (χ0n) is 11.8. The zero-order chi connectivity index (χ0) is 14.3. The first-order valence-electron chi connectivity index (χ1n) is 7.16. The number of thiophene rings is 1. The molecule has 1 aromatic heterocycles. The van der Waals surface area contributed by atoms with Crippen LogP contribution in [0.15, 0.2) is 0 Å². The number of nitriles is 1. The van der Waals surface area contributed by atoms with Crippen molar-refractivity contribution in [1.29, 1.82) is 5.26 Å². The number of nitrogens with one attached hydrogen (secondary N) is 2. The van der Waals surface area contributed by atoms with Gasteiger partial charge in [0.2, 0.25) is 5.91 Å². The third-order valence-electron chi connectivity index (χ3n) is 4.76. The van der Waals surface area contributed by atoms with Crippen molar-refractivity contribution in [3.63, 3.8) is 0 Å². The van der Waals surface area contributed by atoms with Crippen LogP contribution in [0.4, 0.5) is 5.00 Å². The lowest BCUT2D eigenvalue weighted by molar-refractivity contribution is -0.118. The second-order valence-electron chi connectivity index (χ2n) is 5.83. The highest BCUT2D eigenvalue weighted by Gasteiger charge is 2.42. The Morgan fingerprint density at radius 3 is 3.00 bits per heavy atom. The number of carbonyl (C=O) groups is 1. The molecular weight excluding hydrogens is 270 g/mol. The average Bonchev–Trinajstić information content (AvgIpc) is 3.05. The van der Waals surface area contributed by atoms with Crippen molar-refractivity contribution >= 4 is 22.2 Å². The molecule has 0 spiro atoms. The fourth-order valence-electron chi connectivity index (χ4n) is 3.51. The van der Waals surface area contributed by atoms with E-state index in [9.17, 15) is 10.1 Å². The number of carbonyl (C=O) groups excluding carboxylic acids is 1. The smallest absolute Gasteiger partial charge is 0.242 e. The van der Waals surface area contributed by atoms with E-state index in [1.807, 2.05) is 13.8 Å². The molecule has 20 heavy (non-hydrogen) atoms. The van der Waals surface area contributed by atoms with Crippen molar-refractivity contribution in [3.8, 4) is 6.07 Å². The summed E-state index contributed by atoms with van der Waals surface area (Å²) in [5.74, 6) is 1.16. The van der Waals surface area contributed by atoms with E-state index >= 15 is 0 Å². The summed E-state index contributed by atoms with van der Waals surface area (Å²) >= 11 is 1.50. The predicted octanol–water partition coefficient (Wildman–Crippen LogP) is 2.56. The first kappa shape index (κ1) is 13.6. The van der Waals surface area contributed by atoms with Gasteiger partial charge in [-0.15, -0.1) is 11.3 Å². The monoisotopic (exact) mass is 289 g/mol. The van der Waals surface area contributed by atoms with Crippen LogP contribution < -0.4 is 10.6 Å². The molecule has 4 nitrogen and oxygen atoms in total. The normalized spacial score (nSPS) is 28.1. The summed E-state index contributed by atoms with van der Waals surface area (Å²) < 4.78 is 0. The minimum Gasteiger partial charge on any atom is -0.315 e. The third kappa shape index (κ3) is 2.13. The lowest BCUT2D eigenvalue weighted by Gasteiger charge is -2.17. The summed E-state index contributed by atoms with van der Waals surface area (Å²) in [6, 6.07) is 2.12. The second kappa shape index (κ2) is 5.19. The maximum absolute atomic E-state index is 12.5. The summed E-state index contributed by atoms with van der Waals surface area (Å²) in [7, 11) is 0. The van der Waals surface area contributed by atoms with Crippen LogP contribution in [0.1, 0.15) is 35.3 Å². The molecule has 1 saturated heterocycles. The van der Waals surface area contributed by atoms with Crippen molar-refractivity contribution in [2.24, 2.45) is 11.8 Å². The maximum Gasteiger partial charge on any atom is 0.242 e. The Kier molecular flexibility index (Phi) is 3.53. The predicted molar refractivity (Wildman–Crippen MR) is 79.8 cm³/mol. The van der Waals surface area contributed by atoms with Gasteiger partial charge in [-0.2, -0.15) is 5.26 Å². The fourth-order valence-corrected chi connectivity index (χ4v) is 4.53. The molecule has 1 aliphatic carbocycles. The van der Waals surface area contributed by atoms with Crippen molar-refractivity contribution in [1.82, 2.24) is 5.32 Å². The molecule has 3 atom stereocenters. The molecule has 0 bridgehead atoms. The molecular formula is C15H19N3OS. The van der Waals surface area contributed by atoms with Crippen LogP contribution in [-0.4, -0.2) is 18.5 Å². The summed E-state index contributed by atoms with van der Waals surface area (Å²) in [6.45, 7) is 4.87. The molecule has 1 amide bonds. The Morgan fingerprint density at radius 2 is 2.25 bits per heavy atom. The van der Waals surface area contributed by atoms with Crippen LogP contribution >= 0.6 is 11.3 Å². The standard InChI is InChI=1S/C15H19N3OS/c1-8-9(2)20-15(12(8)6-16)18-14(19)13-11-5-3-4-10(11)7-17-13/h10-11,13,17H,3-5,7H2,1-2H3,(H,18,19). The van der Waals surface area contributed by atoms with Crippen LogP contribution in [0.2, 0.25) is 0 Å². The molecule has 3 rings (SSSR count). The van der Waals surface area contributed by atoms with Crippen LogP contribution in [0, 0.1) is 37.0 Å². The van der Waals surface area contributed by atoms with E-state index in [1.54, 1.807) is 0 Å². The quantitative estimate of drug-likeness (QED) is 0.879. The van der Waals surface area contributed by atoms with Gasteiger partial charge < -0.3 is 10.6 Å². The Balaban J connectivity index is 1.77. The molecule has 106 valence electrons. The maximum atomic E-state index is 12.5. The average molecular weight is 289 g/mol. The first-order chi connectivity index (χ1) is 9.61. The van der Waals surface area contributed by atoms with E-state index in [-0.39, 0.29) is 11.9 Å². The van der Waals surface area contributed by atoms with Gasteiger partial charge in [0, 0.05) is 4.88 Å². The molecule has 5 heteroatoms. The van der Waals surface area contributed by atoms with E-state index in [1.165, 1.54) is 24.2 Å². The lowest BCUT2D eigenvalue weighted by Crippen LogP contribution is -2.39. The number of fused-ring (bicyclic) bond motifs is 1. The molecule has 0 radical (unpaired) electrons. The van der Waals surface area contributed by atoms with Crippen molar-refractivity contribution < 1.29 is 4.79 Å². The Morgan fingerprint density at radius 1 is 1.45 bits per heavy atom. The highest BCUT2D eigenvalue weighted by atomic mass is 32.1. The third-order valence-corrected chi connectivity index (χ3v) is 5.88. The molecule has 1 saturated carbocycles. The van der Waals surface area contributed by atoms with Gasteiger partial charge in [0.05, 0.1) is 11.6 Å². The first-order valence-corrected chi connectivity index (χ1v) is 7.97. The number of amides is 1. The van der Waals surface area contributed by atoms with E-state index in [0.29, 0.717) is 22.4 Å². The van der Waals surface area contributed by atoms with E-state index in [2.05, 4.69) is 16.7 Å². The zero-order valence-corrected chi connectivity index (χ0v) is 12.6. The van der Waals surface area contributed by atoms with Crippen molar-refractivity contribution in [3.05, 3.63) is 16.0 Å². The number of aryl methyl sites for hydroxylation is 1. The minimum absolute atomic E-state index is 0.0251. The molecule has 1 aromatic rings. The van der Waals surface area contributed by atoms with Crippen LogP contribution in [0.5, 0.6) is 0 Å². The lowest BCUT2D eigenvalue weighted by atomic mass is 9.93. The summed E-state index contributed by atoms with van der Waals surface area (Å²) in [5.41, 5.74) is 1.59. The molecule has 3 unspecified atom stereocenters.